The van der Waals surface area contributed by atoms with Gasteiger partial charge in [0.1, 0.15) is 12.3 Å². The van der Waals surface area contributed by atoms with Gasteiger partial charge in [-0.2, -0.15) is 5.10 Å². The molecule has 2 aromatic carbocycles. The fourth-order valence-electron chi connectivity index (χ4n) is 2.74. The molecular formula is C21H26N2O3. The normalized spacial score (nSPS) is 11.2. The second kappa shape index (κ2) is 9.04. The average molecular weight is 354 g/mol. The molecule has 0 fully saturated rings. The van der Waals surface area contributed by atoms with Crippen LogP contribution in [0.25, 0.3) is 11.1 Å². The third-order valence-electron chi connectivity index (χ3n) is 4.20. The first-order chi connectivity index (χ1) is 12.5. The topological polar surface area (TPSA) is 51.1 Å². The van der Waals surface area contributed by atoms with Crippen LogP contribution < -0.4 is 4.74 Å². The highest BCUT2D eigenvalue weighted by Crippen LogP contribution is 2.27. The van der Waals surface area contributed by atoms with Gasteiger partial charge in [-0.25, -0.2) is 0 Å². The van der Waals surface area contributed by atoms with Crippen LogP contribution in [0.2, 0.25) is 0 Å². The van der Waals surface area contributed by atoms with Crippen molar-refractivity contribution in [3.05, 3.63) is 53.6 Å². The molecule has 0 radical (unpaired) electrons. The first kappa shape index (κ1) is 19.5. The Bertz CT molecular complexity index is 782. The van der Waals surface area contributed by atoms with Crippen LogP contribution in [0.1, 0.15) is 25.0 Å². The molecule has 0 N–H and O–H groups in total. The smallest absolute Gasteiger partial charge is 0.327 e. The van der Waals surface area contributed by atoms with Crippen LogP contribution in [-0.2, 0) is 16.0 Å². The van der Waals surface area contributed by atoms with E-state index in [2.05, 4.69) is 41.0 Å². The molecule has 138 valence electrons. The lowest BCUT2D eigenvalue weighted by Gasteiger charge is -2.13. The number of esters is 1. The molecule has 0 aliphatic rings. The van der Waals surface area contributed by atoms with E-state index in [1.54, 1.807) is 19.2 Å². The lowest BCUT2D eigenvalue weighted by Crippen LogP contribution is -2.23. The number of hydrogen-bond donors (Lipinski definition) is 0. The number of hydrogen-bond acceptors (Lipinski definition) is 5. The summed E-state index contributed by atoms with van der Waals surface area (Å²) >= 11 is 0. The van der Waals surface area contributed by atoms with Crippen molar-refractivity contribution in [2.45, 2.75) is 20.3 Å². The van der Waals surface area contributed by atoms with Crippen molar-refractivity contribution in [2.75, 3.05) is 27.8 Å². The van der Waals surface area contributed by atoms with Gasteiger partial charge in [0.15, 0.2) is 0 Å². The Labute approximate surface area is 155 Å². The standard InChI is InChI=1S/C21H26N2O3/c1-6-16-13-19(11-12-20(16)25-4)18-9-7-17(8-10-18)15(2)22-23(3)14-21(24)26-5/h7-13H,6,14H2,1-5H3/b22-15+. The van der Waals surface area contributed by atoms with Gasteiger partial charge < -0.3 is 9.47 Å². The Morgan fingerprint density at radius 2 is 1.73 bits per heavy atom. The molecule has 0 unspecified atom stereocenters. The van der Waals surface area contributed by atoms with E-state index >= 15 is 0 Å². The number of hydrazone groups is 1. The molecule has 5 heteroatoms. The average Bonchev–Trinajstić information content (AvgIpc) is 2.67. The molecule has 5 nitrogen and oxygen atoms in total. The molecule has 26 heavy (non-hydrogen) atoms. The van der Waals surface area contributed by atoms with Crippen molar-refractivity contribution in [2.24, 2.45) is 5.10 Å². The van der Waals surface area contributed by atoms with Gasteiger partial charge in [0.25, 0.3) is 0 Å². The number of aryl methyl sites for hydroxylation is 1. The van der Waals surface area contributed by atoms with Gasteiger partial charge in [-0.1, -0.05) is 37.3 Å². The fraction of sp³-hybridized carbons (Fsp3) is 0.333. The van der Waals surface area contributed by atoms with E-state index in [1.807, 2.05) is 25.1 Å². The van der Waals surface area contributed by atoms with Crippen molar-refractivity contribution in [1.82, 2.24) is 5.01 Å². The number of ether oxygens (including phenoxy) is 2. The zero-order valence-electron chi connectivity index (χ0n) is 16.1. The largest absolute Gasteiger partial charge is 0.496 e. The van der Waals surface area contributed by atoms with Crippen LogP contribution in [0.4, 0.5) is 0 Å². The minimum atomic E-state index is -0.314. The molecule has 0 amide bonds. The maximum atomic E-state index is 11.3. The predicted octanol–water partition coefficient (Wildman–Crippen LogP) is 3.75. The fourth-order valence-corrected chi connectivity index (χ4v) is 2.74. The molecule has 0 aliphatic carbocycles. The van der Waals surface area contributed by atoms with Crippen LogP contribution in [0.15, 0.2) is 47.6 Å². The summed E-state index contributed by atoms with van der Waals surface area (Å²) < 4.78 is 10.0. The Morgan fingerprint density at radius 1 is 1.08 bits per heavy atom. The molecule has 0 aromatic heterocycles. The zero-order chi connectivity index (χ0) is 19.1. The maximum absolute atomic E-state index is 11.3. The minimum Gasteiger partial charge on any atom is -0.496 e. The Morgan fingerprint density at radius 3 is 2.31 bits per heavy atom. The first-order valence-corrected chi connectivity index (χ1v) is 8.59. The van der Waals surface area contributed by atoms with Crippen LogP contribution in [0.3, 0.4) is 0 Å². The van der Waals surface area contributed by atoms with E-state index in [9.17, 15) is 4.79 Å². The third-order valence-corrected chi connectivity index (χ3v) is 4.20. The van der Waals surface area contributed by atoms with Crippen molar-refractivity contribution >= 4 is 11.7 Å². The second-order valence-corrected chi connectivity index (χ2v) is 6.03. The van der Waals surface area contributed by atoms with Crippen molar-refractivity contribution in [3.63, 3.8) is 0 Å². The molecule has 0 aliphatic heterocycles. The summed E-state index contributed by atoms with van der Waals surface area (Å²) in [7, 11) is 4.81. The number of likely N-dealkylation sites (N-methyl/N-ethyl adjacent to an activating group) is 1. The van der Waals surface area contributed by atoms with Gasteiger partial charge in [-0.05, 0) is 47.7 Å². The number of nitrogens with zero attached hydrogens (tertiary/aromatic N) is 2. The second-order valence-electron chi connectivity index (χ2n) is 6.03. The molecule has 0 saturated heterocycles. The Balaban J connectivity index is 2.18. The van der Waals surface area contributed by atoms with Gasteiger partial charge in [0.05, 0.1) is 19.9 Å². The highest BCUT2D eigenvalue weighted by molar-refractivity contribution is 5.99. The van der Waals surface area contributed by atoms with Gasteiger partial charge in [-0.3, -0.25) is 9.80 Å². The van der Waals surface area contributed by atoms with Gasteiger partial charge in [0.2, 0.25) is 0 Å². The van der Waals surface area contributed by atoms with E-state index in [4.69, 9.17) is 4.74 Å². The Kier molecular flexibility index (Phi) is 6.78. The number of methoxy groups -OCH3 is 2. The van der Waals surface area contributed by atoms with Gasteiger partial charge in [-0.15, -0.1) is 0 Å². The summed E-state index contributed by atoms with van der Waals surface area (Å²) in [4.78, 5) is 11.3. The summed E-state index contributed by atoms with van der Waals surface area (Å²) in [6.45, 7) is 4.16. The van der Waals surface area contributed by atoms with Crippen LogP contribution in [-0.4, -0.2) is 44.5 Å². The van der Waals surface area contributed by atoms with E-state index in [-0.39, 0.29) is 12.5 Å². The lowest BCUT2D eigenvalue weighted by molar-refractivity contribution is -0.141. The maximum Gasteiger partial charge on any atom is 0.327 e. The van der Waals surface area contributed by atoms with Crippen molar-refractivity contribution in [1.29, 1.82) is 0 Å². The van der Waals surface area contributed by atoms with E-state index in [0.29, 0.717) is 0 Å². The number of rotatable bonds is 7. The SMILES string of the molecule is CCc1cc(-c2ccc(/C(C)=N/N(C)CC(=O)OC)cc2)ccc1OC. The van der Waals surface area contributed by atoms with Crippen LogP contribution >= 0.6 is 0 Å². The molecular weight excluding hydrogens is 328 g/mol. The van der Waals surface area contributed by atoms with Crippen molar-refractivity contribution < 1.29 is 14.3 Å². The predicted molar refractivity (Wildman–Crippen MR) is 105 cm³/mol. The summed E-state index contributed by atoms with van der Waals surface area (Å²) in [6.07, 6.45) is 0.924. The van der Waals surface area contributed by atoms with Crippen LogP contribution in [0, 0.1) is 0 Å². The molecule has 2 rings (SSSR count). The first-order valence-electron chi connectivity index (χ1n) is 8.59. The van der Waals surface area contributed by atoms with Gasteiger partial charge in [0, 0.05) is 7.05 Å². The van der Waals surface area contributed by atoms with Crippen molar-refractivity contribution in [3.8, 4) is 16.9 Å². The highest BCUT2D eigenvalue weighted by atomic mass is 16.5. The monoisotopic (exact) mass is 354 g/mol. The molecule has 0 bridgehead atoms. The van der Waals surface area contributed by atoms with Gasteiger partial charge >= 0.3 is 5.97 Å². The van der Waals surface area contributed by atoms with Crippen LogP contribution in [0.5, 0.6) is 5.75 Å². The minimum absolute atomic E-state index is 0.123. The summed E-state index contributed by atoms with van der Waals surface area (Å²) in [6, 6.07) is 14.5. The van der Waals surface area contributed by atoms with E-state index in [0.717, 1.165) is 34.6 Å². The molecule has 0 saturated carbocycles. The number of carbonyl (C=O) groups excluding carboxylic acids is 1. The van der Waals surface area contributed by atoms with E-state index < -0.39 is 0 Å². The summed E-state index contributed by atoms with van der Waals surface area (Å²) in [5.41, 5.74) is 5.34. The highest BCUT2D eigenvalue weighted by Gasteiger charge is 2.07. The quantitative estimate of drug-likeness (QED) is 0.432. The zero-order valence-corrected chi connectivity index (χ0v) is 16.1. The lowest BCUT2D eigenvalue weighted by atomic mass is 9.99. The number of carbonyl (C=O) groups is 1. The number of benzene rings is 2. The molecule has 0 atom stereocenters. The molecule has 0 spiro atoms. The molecule has 2 aromatic rings. The molecule has 0 heterocycles. The third kappa shape index (κ3) is 4.85. The summed E-state index contributed by atoms with van der Waals surface area (Å²) in [5.74, 6) is 0.607. The summed E-state index contributed by atoms with van der Waals surface area (Å²) in [5, 5.41) is 6.00. The van der Waals surface area contributed by atoms with E-state index in [1.165, 1.54) is 12.7 Å². The Hall–Kier alpha value is -2.82.